The van der Waals surface area contributed by atoms with Gasteiger partial charge < -0.3 is 10.6 Å². The van der Waals surface area contributed by atoms with E-state index in [1.165, 1.54) is 6.33 Å². The van der Waals surface area contributed by atoms with Gasteiger partial charge in [0.2, 0.25) is 0 Å². The van der Waals surface area contributed by atoms with Crippen LogP contribution in [0.2, 0.25) is 0 Å². The van der Waals surface area contributed by atoms with E-state index in [-0.39, 0.29) is 6.03 Å². The second-order valence-corrected chi connectivity index (χ2v) is 6.13. The Morgan fingerprint density at radius 3 is 2.96 bits per heavy atom. The van der Waals surface area contributed by atoms with Crippen LogP contribution in [0.15, 0.2) is 49.1 Å². The van der Waals surface area contributed by atoms with Gasteiger partial charge in [-0.15, -0.1) is 0 Å². The molecule has 0 spiro atoms. The first kappa shape index (κ1) is 16.2. The van der Waals surface area contributed by atoms with Crippen LogP contribution in [-0.2, 0) is 13.1 Å². The van der Waals surface area contributed by atoms with Crippen molar-refractivity contribution in [1.82, 2.24) is 25.4 Å². The monoisotopic (exact) mass is 325 g/mol. The summed E-state index contributed by atoms with van der Waals surface area (Å²) in [5.74, 6) is 0.562. The van der Waals surface area contributed by atoms with E-state index in [1.807, 2.05) is 18.2 Å². The molecule has 6 heteroatoms. The molecule has 126 valence electrons. The molecule has 2 N–H and O–H groups in total. The SMILES string of the molecule is O=C(NCc1cccc(Cn2cncn2)c1)NCC1CC=CCC1. The zero-order valence-corrected chi connectivity index (χ0v) is 13.7. The molecule has 0 fully saturated rings. The molecule has 0 radical (unpaired) electrons. The molecule has 1 aromatic carbocycles. The second-order valence-electron chi connectivity index (χ2n) is 6.13. The normalized spacial score (nSPS) is 16.8. The number of nitrogens with one attached hydrogen (secondary N) is 2. The predicted octanol–water partition coefficient (Wildman–Crippen LogP) is 2.48. The van der Waals surface area contributed by atoms with Gasteiger partial charge in [-0.1, -0.05) is 36.4 Å². The Kier molecular flexibility index (Phi) is 5.61. The van der Waals surface area contributed by atoms with Gasteiger partial charge in [0, 0.05) is 13.1 Å². The van der Waals surface area contributed by atoms with Crippen LogP contribution in [0.25, 0.3) is 0 Å². The number of hydrogen-bond acceptors (Lipinski definition) is 3. The summed E-state index contributed by atoms with van der Waals surface area (Å²) in [6, 6.07) is 8.02. The first-order valence-corrected chi connectivity index (χ1v) is 8.36. The third-order valence-corrected chi connectivity index (χ3v) is 4.18. The summed E-state index contributed by atoms with van der Waals surface area (Å²) in [6.07, 6.45) is 11.0. The largest absolute Gasteiger partial charge is 0.338 e. The maximum absolute atomic E-state index is 11.9. The van der Waals surface area contributed by atoms with Gasteiger partial charge in [0.15, 0.2) is 0 Å². The highest BCUT2D eigenvalue weighted by molar-refractivity contribution is 5.73. The first-order chi connectivity index (χ1) is 11.8. The number of amides is 2. The number of allylic oxidation sites excluding steroid dienone is 2. The molecule has 2 amide bonds. The van der Waals surface area contributed by atoms with Crippen molar-refractivity contribution in [1.29, 1.82) is 0 Å². The maximum atomic E-state index is 11.9. The average Bonchev–Trinajstić information content (AvgIpc) is 3.12. The van der Waals surface area contributed by atoms with E-state index in [9.17, 15) is 4.79 Å². The zero-order valence-electron chi connectivity index (χ0n) is 13.7. The number of urea groups is 1. The Morgan fingerprint density at radius 2 is 2.17 bits per heavy atom. The van der Waals surface area contributed by atoms with Gasteiger partial charge in [-0.05, 0) is 36.3 Å². The van der Waals surface area contributed by atoms with Gasteiger partial charge in [-0.3, -0.25) is 0 Å². The average molecular weight is 325 g/mol. The first-order valence-electron chi connectivity index (χ1n) is 8.36. The van der Waals surface area contributed by atoms with E-state index < -0.39 is 0 Å². The molecule has 6 nitrogen and oxygen atoms in total. The Bertz CT molecular complexity index is 680. The number of benzene rings is 1. The highest BCUT2D eigenvalue weighted by Gasteiger charge is 2.11. The van der Waals surface area contributed by atoms with Gasteiger partial charge in [0.05, 0.1) is 6.54 Å². The standard InChI is InChI=1S/C18H23N5O/c24-18(20-10-15-5-2-1-3-6-15)21-11-16-7-4-8-17(9-16)12-23-14-19-13-22-23/h1-2,4,7-9,13-15H,3,5-6,10-12H2,(H2,20,21,24). The van der Waals surface area contributed by atoms with Crippen molar-refractivity contribution in [2.75, 3.05) is 6.54 Å². The van der Waals surface area contributed by atoms with Gasteiger partial charge in [0.25, 0.3) is 0 Å². The summed E-state index contributed by atoms with van der Waals surface area (Å²) in [4.78, 5) is 15.9. The zero-order chi connectivity index (χ0) is 16.6. The van der Waals surface area contributed by atoms with Crippen LogP contribution >= 0.6 is 0 Å². The predicted molar refractivity (Wildman–Crippen MR) is 92.3 cm³/mol. The molecular formula is C18H23N5O. The van der Waals surface area contributed by atoms with E-state index in [2.05, 4.69) is 38.9 Å². The van der Waals surface area contributed by atoms with Crippen LogP contribution in [0.1, 0.15) is 30.4 Å². The lowest BCUT2D eigenvalue weighted by atomic mass is 9.94. The Balaban J connectivity index is 1.43. The van der Waals surface area contributed by atoms with Crippen molar-refractivity contribution in [3.63, 3.8) is 0 Å². The molecule has 1 aromatic heterocycles. The fourth-order valence-electron chi connectivity index (χ4n) is 2.86. The van der Waals surface area contributed by atoms with Crippen LogP contribution in [0.4, 0.5) is 4.79 Å². The Labute approximate surface area is 142 Å². The fourth-order valence-corrected chi connectivity index (χ4v) is 2.86. The minimum atomic E-state index is -0.105. The molecule has 1 aliphatic rings. The quantitative estimate of drug-likeness (QED) is 0.802. The molecule has 0 bridgehead atoms. The van der Waals surface area contributed by atoms with Crippen molar-refractivity contribution in [3.8, 4) is 0 Å². The van der Waals surface area contributed by atoms with Gasteiger partial charge in [-0.2, -0.15) is 5.10 Å². The molecule has 1 aliphatic carbocycles. The van der Waals surface area contributed by atoms with Crippen LogP contribution in [0, 0.1) is 5.92 Å². The van der Waals surface area contributed by atoms with Crippen molar-refractivity contribution in [3.05, 3.63) is 60.2 Å². The van der Waals surface area contributed by atoms with Crippen molar-refractivity contribution >= 4 is 6.03 Å². The lowest BCUT2D eigenvalue weighted by molar-refractivity contribution is 0.238. The molecule has 1 heterocycles. The van der Waals surface area contributed by atoms with Crippen LogP contribution in [-0.4, -0.2) is 27.3 Å². The van der Waals surface area contributed by atoms with Crippen LogP contribution in [0.5, 0.6) is 0 Å². The summed E-state index contributed by atoms with van der Waals surface area (Å²) < 4.78 is 1.78. The van der Waals surface area contributed by atoms with Gasteiger partial charge in [0.1, 0.15) is 12.7 Å². The van der Waals surface area contributed by atoms with Gasteiger partial charge in [-0.25, -0.2) is 14.5 Å². The number of hydrogen-bond donors (Lipinski definition) is 2. The minimum Gasteiger partial charge on any atom is -0.338 e. The number of carbonyl (C=O) groups is 1. The molecule has 1 unspecified atom stereocenters. The molecule has 3 rings (SSSR count). The summed E-state index contributed by atoms with van der Waals surface area (Å²) in [6.45, 7) is 1.93. The number of carbonyl (C=O) groups excluding carboxylic acids is 1. The van der Waals surface area contributed by atoms with Crippen molar-refractivity contribution in [2.45, 2.75) is 32.4 Å². The third-order valence-electron chi connectivity index (χ3n) is 4.18. The van der Waals surface area contributed by atoms with Crippen molar-refractivity contribution in [2.24, 2.45) is 5.92 Å². The third kappa shape index (κ3) is 4.94. The molecule has 0 aliphatic heterocycles. The Hall–Kier alpha value is -2.63. The fraction of sp³-hybridized carbons (Fsp3) is 0.389. The smallest absolute Gasteiger partial charge is 0.315 e. The summed E-state index contributed by atoms with van der Waals surface area (Å²) in [5, 5.41) is 9.99. The molecule has 24 heavy (non-hydrogen) atoms. The molecule has 0 saturated heterocycles. The van der Waals surface area contributed by atoms with E-state index in [1.54, 1.807) is 11.0 Å². The number of nitrogens with zero attached hydrogens (tertiary/aromatic N) is 3. The summed E-state index contributed by atoms with van der Waals surface area (Å²) >= 11 is 0. The highest BCUT2D eigenvalue weighted by Crippen LogP contribution is 2.16. The van der Waals surface area contributed by atoms with Crippen molar-refractivity contribution < 1.29 is 4.79 Å². The lowest BCUT2D eigenvalue weighted by Crippen LogP contribution is -2.38. The molecule has 0 saturated carbocycles. The van der Waals surface area contributed by atoms with E-state index in [0.717, 1.165) is 36.9 Å². The number of rotatable bonds is 6. The second kappa shape index (κ2) is 8.29. The molecule has 2 aromatic rings. The maximum Gasteiger partial charge on any atom is 0.315 e. The Morgan fingerprint density at radius 1 is 1.25 bits per heavy atom. The topological polar surface area (TPSA) is 71.8 Å². The van der Waals surface area contributed by atoms with E-state index in [4.69, 9.17) is 0 Å². The van der Waals surface area contributed by atoms with E-state index in [0.29, 0.717) is 19.0 Å². The molecule has 1 atom stereocenters. The molecular weight excluding hydrogens is 302 g/mol. The van der Waals surface area contributed by atoms with Gasteiger partial charge >= 0.3 is 6.03 Å². The summed E-state index contributed by atoms with van der Waals surface area (Å²) in [5.41, 5.74) is 2.21. The highest BCUT2D eigenvalue weighted by atomic mass is 16.2. The van der Waals surface area contributed by atoms with E-state index >= 15 is 0 Å². The van der Waals surface area contributed by atoms with Crippen LogP contribution < -0.4 is 10.6 Å². The lowest BCUT2D eigenvalue weighted by Gasteiger charge is -2.18. The minimum absolute atomic E-state index is 0.105. The van der Waals surface area contributed by atoms with Crippen LogP contribution in [0.3, 0.4) is 0 Å². The number of aromatic nitrogens is 3. The summed E-state index contributed by atoms with van der Waals surface area (Å²) in [7, 11) is 0.